The van der Waals surface area contributed by atoms with Crippen LogP contribution in [0.3, 0.4) is 0 Å². The number of aliphatic hydroxyl groups excluding tert-OH is 1. The van der Waals surface area contributed by atoms with Crippen molar-refractivity contribution >= 4 is 5.91 Å². The van der Waals surface area contributed by atoms with E-state index in [0.29, 0.717) is 6.42 Å². The molecule has 1 aliphatic carbocycles. The quantitative estimate of drug-likeness (QED) is 0.853. The summed E-state index contributed by atoms with van der Waals surface area (Å²) in [6, 6.07) is 8.48. The lowest BCUT2D eigenvalue weighted by molar-refractivity contribution is -0.122. The van der Waals surface area contributed by atoms with Crippen LogP contribution in [-0.4, -0.2) is 23.7 Å². The Kier molecular flexibility index (Phi) is 4.97. The standard InChI is InChI=1S/C16H23NO2/c1-12-5-7-13(8-6-12)9-10-16(19)17-15-4-2-3-14(15)11-18/h5-8,14-15,18H,2-4,9-11H2,1H3,(H,17,19). The molecule has 1 aromatic rings. The first-order valence-electron chi connectivity index (χ1n) is 7.15. The first-order valence-corrected chi connectivity index (χ1v) is 7.15. The molecule has 3 nitrogen and oxygen atoms in total. The first kappa shape index (κ1) is 14.1. The van der Waals surface area contributed by atoms with Gasteiger partial charge in [-0.15, -0.1) is 0 Å². The molecule has 3 heteroatoms. The second-order valence-corrected chi connectivity index (χ2v) is 5.53. The van der Waals surface area contributed by atoms with Crippen LogP contribution in [-0.2, 0) is 11.2 Å². The topological polar surface area (TPSA) is 49.3 Å². The number of aliphatic hydroxyl groups is 1. The average molecular weight is 261 g/mol. The van der Waals surface area contributed by atoms with Crippen molar-refractivity contribution in [3.05, 3.63) is 35.4 Å². The lowest BCUT2D eigenvalue weighted by Gasteiger charge is -2.18. The molecule has 1 saturated carbocycles. The smallest absolute Gasteiger partial charge is 0.220 e. The number of rotatable bonds is 5. The van der Waals surface area contributed by atoms with Gasteiger partial charge in [0.1, 0.15) is 0 Å². The minimum Gasteiger partial charge on any atom is -0.396 e. The molecule has 0 saturated heterocycles. The zero-order valence-corrected chi connectivity index (χ0v) is 11.6. The molecule has 1 aromatic carbocycles. The van der Waals surface area contributed by atoms with E-state index < -0.39 is 0 Å². The van der Waals surface area contributed by atoms with Gasteiger partial charge in [-0.05, 0) is 31.7 Å². The molecule has 0 bridgehead atoms. The van der Waals surface area contributed by atoms with Crippen LogP contribution in [0.4, 0.5) is 0 Å². The molecule has 2 rings (SSSR count). The fraction of sp³-hybridized carbons (Fsp3) is 0.562. The summed E-state index contributed by atoms with van der Waals surface area (Å²) in [7, 11) is 0. The molecule has 19 heavy (non-hydrogen) atoms. The van der Waals surface area contributed by atoms with Gasteiger partial charge >= 0.3 is 0 Å². The predicted octanol–water partition coefficient (Wildman–Crippen LogP) is 2.20. The molecule has 2 atom stereocenters. The van der Waals surface area contributed by atoms with Crippen molar-refractivity contribution in [2.45, 2.75) is 45.1 Å². The molecular weight excluding hydrogens is 238 g/mol. The van der Waals surface area contributed by atoms with Gasteiger partial charge in [0.05, 0.1) is 0 Å². The summed E-state index contributed by atoms with van der Waals surface area (Å²) in [6.07, 6.45) is 4.44. The van der Waals surface area contributed by atoms with E-state index in [2.05, 4.69) is 36.5 Å². The SMILES string of the molecule is Cc1ccc(CCC(=O)NC2CCCC2CO)cc1. The Bertz CT molecular complexity index is 413. The van der Waals surface area contributed by atoms with E-state index in [1.807, 2.05) is 0 Å². The molecule has 2 unspecified atom stereocenters. The highest BCUT2D eigenvalue weighted by Crippen LogP contribution is 2.25. The molecule has 2 N–H and O–H groups in total. The summed E-state index contributed by atoms with van der Waals surface area (Å²) >= 11 is 0. The van der Waals surface area contributed by atoms with Gasteiger partial charge in [0, 0.05) is 25.0 Å². The number of carbonyl (C=O) groups excluding carboxylic acids is 1. The maximum atomic E-state index is 11.9. The Labute approximate surface area is 115 Å². The Morgan fingerprint density at radius 2 is 2.05 bits per heavy atom. The van der Waals surface area contributed by atoms with Gasteiger partial charge in [0.15, 0.2) is 0 Å². The summed E-state index contributed by atoms with van der Waals surface area (Å²) in [5.41, 5.74) is 2.44. The average Bonchev–Trinajstić information content (AvgIpc) is 2.85. The molecule has 0 radical (unpaired) electrons. The van der Waals surface area contributed by atoms with Crippen molar-refractivity contribution in [3.63, 3.8) is 0 Å². The second-order valence-electron chi connectivity index (χ2n) is 5.53. The van der Waals surface area contributed by atoms with Crippen LogP contribution in [0.15, 0.2) is 24.3 Å². The summed E-state index contributed by atoms with van der Waals surface area (Å²) in [6.45, 7) is 2.24. The van der Waals surface area contributed by atoms with Crippen LogP contribution in [0.2, 0.25) is 0 Å². The van der Waals surface area contributed by atoms with Gasteiger partial charge in [-0.1, -0.05) is 36.2 Å². The van der Waals surface area contributed by atoms with E-state index in [4.69, 9.17) is 0 Å². The third-order valence-electron chi connectivity index (χ3n) is 4.00. The molecular formula is C16H23NO2. The number of amides is 1. The highest BCUT2D eigenvalue weighted by molar-refractivity contribution is 5.76. The van der Waals surface area contributed by atoms with Crippen molar-refractivity contribution in [1.29, 1.82) is 0 Å². The molecule has 0 spiro atoms. The van der Waals surface area contributed by atoms with Gasteiger partial charge in [0.25, 0.3) is 0 Å². The lowest BCUT2D eigenvalue weighted by Crippen LogP contribution is -2.38. The number of benzene rings is 1. The fourth-order valence-electron chi connectivity index (χ4n) is 2.74. The number of hydrogen-bond donors (Lipinski definition) is 2. The zero-order chi connectivity index (χ0) is 13.7. The Balaban J connectivity index is 1.77. The van der Waals surface area contributed by atoms with E-state index in [-0.39, 0.29) is 24.5 Å². The molecule has 1 amide bonds. The van der Waals surface area contributed by atoms with Gasteiger partial charge in [-0.2, -0.15) is 0 Å². The van der Waals surface area contributed by atoms with Crippen LogP contribution in [0.5, 0.6) is 0 Å². The highest BCUT2D eigenvalue weighted by atomic mass is 16.3. The number of hydrogen-bond acceptors (Lipinski definition) is 2. The van der Waals surface area contributed by atoms with Crippen molar-refractivity contribution in [3.8, 4) is 0 Å². The van der Waals surface area contributed by atoms with E-state index in [9.17, 15) is 9.90 Å². The van der Waals surface area contributed by atoms with Gasteiger partial charge in [-0.3, -0.25) is 4.79 Å². The van der Waals surface area contributed by atoms with E-state index >= 15 is 0 Å². The van der Waals surface area contributed by atoms with Crippen LogP contribution in [0.1, 0.15) is 36.8 Å². The number of nitrogens with one attached hydrogen (secondary N) is 1. The van der Waals surface area contributed by atoms with Crippen molar-refractivity contribution in [2.75, 3.05) is 6.61 Å². The molecule has 1 fully saturated rings. The predicted molar refractivity (Wildman–Crippen MR) is 75.9 cm³/mol. The number of aryl methyl sites for hydroxylation is 2. The fourth-order valence-corrected chi connectivity index (χ4v) is 2.74. The minimum atomic E-state index is 0.103. The number of carbonyl (C=O) groups is 1. The molecule has 1 aliphatic rings. The molecule has 0 heterocycles. The molecule has 0 aromatic heterocycles. The maximum absolute atomic E-state index is 11.9. The Morgan fingerprint density at radius 1 is 1.32 bits per heavy atom. The largest absolute Gasteiger partial charge is 0.396 e. The molecule has 104 valence electrons. The van der Waals surface area contributed by atoms with Gasteiger partial charge in [-0.25, -0.2) is 0 Å². The molecule has 0 aliphatic heterocycles. The zero-order valence-electron chi connectivity index (χ0n) is 11.6. The minimum absolute atomic E-state index is 0.103. The van der Waals surface area contributed by atoms with E-state index in [1.54, 1.807) is 0 Å². The van der Waals surface area contributed by atoms with E-state index in [1.165, 1.54) is 11.1 Å². The normalized spacial score (nSPS) is 22.4. The summed E-state index contributed by atoms with van der Waals surface area (Å²) in [4.78, 5) is 11.9. The third kappa shape index (κ3) is 4.06. The van der Waals surface area contributed by atoms with Crippen molar-refractivity contribution in [1.82, 2.24) is 5.32 Å². The van der Waals surface area contributed by atoms with Gasteiger partial charge < -0.3 is 10.4 Å². The van der Waals surface area contributed by atoms with Crippen molar-refractivity contribution in [2.24, 2.45) is 5.92 Å². The third-order valence-corrected chi connectivity index (χ3v) is 4.00. The summed E-state index contributed by atoms with van der Waals surface area (Å²) in [5, 5.41) is 12.3. The lowest BCUT2D eigenvalue weighted by atomic mass is 10.0. The summed E-state index contributed by atoms with van der Waals surface area (Å²) < 4.78 is 0. The van der Waals surface area contributed by atoms with Crippen LogP contribution < -0.4 is 5.32 Å². The Morgan fingerprint density at radius 3 is 2.74 bits per heavy atom. The maximum Gasteiger partial charge on any atom is 0.220 e. The van der Waals surface area contributed by atoms with E-state index in [0.717, 1.165) is 25.7 Å². The monoisotopic (exact) mass is 261 g/mol. The van der Waals surface area contributed by atoms with Gasteiger partial charge in [0.2, 0.25) is 5.91 Å². The Hall–Kier alpha value is -1.35. The van der Waals surface area contributed by atoms with Crippen LogP contribution in [0.25, 0.3) is 0 Å². The summed E-state index contributed by atoms with van der Waals surface area (Å²) in [5.74, 6) is 0.356. The second kappa shape index (κ2) is 6.71. The van der Waals surface area contributed by atoms with Crippen molar-refractivity contribution < 1.29 is 9.90 Å². The first-order chi connectivity index (χ1) is 9.19. The van der Waals surface area contributed by atoms with Crippen LogP contribution >= 0.6 is 0 Å². The van der Waals surface area contributed by atoms with Crippen LogP contribution in [0, 0.1) is 12.8 Å². The highest BCUT2D eigenvalue weighted by Gasteiger charge is 2.27.